The topological polar surface area (TPSA) is 69.5 Å². The lowest BCUT2D eigenvalue weighted by molar-refractivity contribution is -0.136. The Morgan fingerprint density at radius 3 is 2.52 bits per heavy atom. The molecule has 1 fully saturated rings. The maximum atomic E-state index is 12.2. The molecule has 31 heavy (non-hydrogen) atoms. The summed E-state index contributed by atoms with van der Waals surface area (Å²) in [5.41, 5.74) is 1.20. The van der Waals surface area contributed by atoms with Gasteiger partial charge in [0.2, 0.25) is 5.91 Å². The fraction of sp³-hybridized carbons (Fsp3) is 0.667. The average Bonchev–Trinajstić information content (AvgIpc) is 3.00. The number of hydrogen-bond acceptors (Lipinski definition) is 5. The zero-order valence-corrected chi connectivity index (χ0v) is 21.5. The van der Waals surface area contributed by atoms with Crippen molar-refractivity contribution in [2.24, 2.45) is 5.92 Å². The fourth-order valence-corrected chi connectivity index (χ4v) is 4.47. The molecule has 0 spiro atoms. The number of aromatic nitrogens is 3. The first kappa shape index (κ1) is 24.3. The van der Waals surface area contributed by atoms with E-state index >= 15 is 0 Å². The largest absolute Gasteiger partial charge is 0.461 e. The number of fused-ring (bicyclic) bond motifs is 1. The zero-order valence-electron chi connectivity index (χ0n) is 19.0. The minimum atomic E-state index is -1.19. The quantitative estimate of drug-likeness (QED) is 0.295. The van der Waals surface area contributed by atoms with Crippen molar-refractivity contribution in [3.8, 4) is 6.01 Å². The summed E-state index contributed by atoms with van der Waals surface area (Å²) in [6.45, 7) is 13.1. The van der Waals surface area contributed by atoms with Crippen LogP contribution in [-0.4, -0.2) is 59.2 Å². The van der Waals surface area contributed by atoms with E-state index in [0.717, 1.165) is 18.9 Å². The van der Waals surface area contributed by atoms with Gasteiger partial charge in [-0.3, -0.25) is 9.36 Å². The Bertz CT molecular complexity index is 921. The molecule has 1 saturated heterocycles. The molecule has 0 saturated carbocycles. The van der Waals surface area contributed by atoms with Gasteiger partial charge in [-0.2, -0.15) is 4.98 Å². The summed E-state index contributed by atoms with van der Waals surface area (Å²) in [4.78, 5) is 23.2. The van der Waals surface area contributed by atoms with Gasteiger partial charge in [0.15, 0.2) is 5.65 Å². The van der Waals surface area contributed by atoms with Crippen molar-refractivity contribution in [3.63, 3.8) is 0 Å². The van der Waals surface area contributed by atoms with Crippen molar-refractivity contribution >= 4 is 48.3 Å². The molecule has 0 aliphatic carbocycles. The van der Waals surface area contributed by atoms with Gasteiger partial charge in [0.25, 0.3) is 0 Å². The summed E-state index contributed by atoms with van der Waals surface area (Å²) in [7, 11) is -1.19. The van der Waals surface area contributed by atoms with E-state index in [1.165, 1.54) is 0 Å². The van der Waals surface area contributed by atoms with Crippen LogP contribution < -0.4 is 4.74 Å². The highest BCUT2D eigenvalue weighted by Gasteiger charge is 2.27. The average molecular weight is 488 g/mol. The van der Waals surface area contributed by atoms with Crippen LogP contribution >= 0.6 is 23.2 Å². The van der Waals surface area contributed by atoms with Gasteiger partial charge in [0.1, 0.15) is 23.5 Å². The Kier molecular flexibility index (Phi) is 7.89. The molecule has 0 aromatic carbocycles. The van der Waals surface area contributed by atoms with Crippen LogP contribution in [0.5, 0.6) is 6.01 Å². The molecule has 3 heterocycles. The number of carbonyl (C=O) groups excluding carboxylic acids is 1. The summed E-state index contributed by atoms with van der Waals surface area (Å²) in [6.07, 6.45) is 1.49. The van der Waals surface area contributed by atoms with Crippen molar-refractivity contribution in [1.82, 2.24) is 19.4 Å². The number of pyridine rings is 1. The first-order valence-corrected chi connectivity index (χ1v) is 15.3. The number of piperidine rings is 1. The van der Waals surface area contributed by atoms with E-state index < -0.39 is 8.07 Å². The van der Waals surface area contributed by atoms with Crippen LogP contribution in [0.2, 0.25) is 35.9 Å². The van der Waals surface area contributed by atoms with Gasteiger partial charge in [-0.15, -0.1) is 0 Å². The number of ether oxygens (including phenoxy) is 2. The van der Waals surface area contributed by atoms with Crippen LogP contribution in [0, 0.1) is 5.92 Å². The molecule has 0 bridgehead atoms. The van der Waals surface area contributed by atoms with Crippen LogP contribution in [0.1, 0.15) is 26.7 Å². The molecule has 1 amide bonds. The smallest absolute Gasteiger partial charge is 0.300 e. The molecule has 10 heteroatoms. The SMILES string of the molecule is CC(C)C(=O)N1CCC(Oc2nc3cc(Cl)c(Cl)nc3n2COCC[Si](C)(C)C)CC1. The maximum absolute atomic E-state index is 12.2. The maximum Gasteiger partial charge on any atom is 0.300 e. The lowest BCUT2D eigenvalue weighted by Gasteiger charge is -2.33. The van der Waals surface area contributed by atoms with Crippen molar-refractivity contribution in [3.05, 3.63) is 16.2 Å². The second-order valence-corrected chi connectivity index (χ2v) is 16.0. The monoisotopic (exact) mass is 486 g/mol. The standard InChI is InChI=1S/C21H32Cl2N4O3Si/c1-14(2)20(28)26-8-6-15(7-9-26)30-21-24-17-12-16(22)18(23)25-19(17)27(21)13-29-10-11-31(3,4)5/h12,14-15H,6-11,13H2,1-5H3. The number of hydrogen-bond donors (Lipinski definition) is 0. The summed E-state index contributed by atoms with van der Waals surface area (Å²) in [5.74, 6) is 0.200. The van der Waals surface area contributed by atoms with E-state index in [-0.39, 0.29) is 29.8 Å². The highest BCUT2D eigenvalue weighted by molar-refractivity contribution is 6.76. The molecule has 0 N–H and O–H groups in total. The van der Waals surface area contributed by atoms with E-state index in [4.69, 9.17) is 32.7 Å². The Morgan fingerprint density at radius 2 is 1.90 bits per heavy atom. The molecule has 2 aromatic rings. The predicted molar refractivity (Wildman–Crippen MR) is 127 cm³/mol. The molecular weight excluding hydrogens is 455 g/mol. The first-order chi connectivity index (χ1) is 14.5. The predicted octanol–water partition coefficient (Wildman–Crippen LogP) is 5.08. The number of imidazole rings is 1. The number of amides is 1. The summed E-state index contributed by atoms with van der Waals surface area (Å²) in [5, 5.41) is 0.579. The number of halogens is 2. The minimum absolute atomic E-state index is 0.00976. The fourth-order valence-electron chi connectivity index (χ4n) is 3.43. The normalized spacial score (nSPS) is 15.8. The van der Waals surface area contributed by atoms with Crippen LogP contribution in [-0.2, 0) is 16.3 Å². The summed E-state index contributed by atoms with van der Waals surface area (Å²) < 4.78 is 14.0. The van der Waals surface area contributed by atoms with Crippen molar-refractivity contribution in [1.29, 1.82) is 0 Å². The van der Waals surface area contributed by atoms with Gasteiger partial charge >= 0.3 is 6.01 Å². The molecule has 2 aromatic heterocycles. The minimum Gasteiger partial charge on any atom is -0.461 e. The third-order valence-corrected chi connectivity index (χ3v) is 7.71. The van der Waals surface area contributed by atoms with Gasteiger partial charge in [-0.05, 0) is 12.1 Å². The Morgan fingerprint density at radius 1 is 1.23 bits per heavy atom. The number of nitrogens with zero attached hydrogens (tertiary/aromatic N) is 4. The number of rotatable bonds is 8. The van der Waals surface area contributed by atoms with Crippen molar-refractivity contribution in [2.75, 3.05) is 19.7 Å². The van der Waals surface area contributed by atoms with Crippen molar-refractivity contribution < 1.29 is 14.3 Å². The van der Waals surface area contributed by atoms with Gasteiger partial charge < -0.3 is 14.4 Å². The van der Waals surface area contributed by atoms with Gasteiger partial charge in [0, 0.05) is 46.5 Å². The van der Waals surface area contributed by atoms with E-state index in [0.29, 0.717) is 41.9 Å². The van der Waals surface area contributed by atoms with E-state index in [2.05, 4.69) is 29.6 Å². The zero-order chi connectivity index (χ0) is 22.8. The van der Waals surface area contributed by atoms with Gasteiger partial charge in [0.05, 0.1) is 5.02 Å². The molecule has 1 aliphatic rings. The lowest BCUT2D eigenvalue weighted by atomic mass is 10.1. The second kappa shape index (κ2) is 10.1. The molecule has 7 nitrogen and oxygen atoms in total. The second-order valence-electron chi connectivity index (χ2n) is 9.57. The number of likely N-dealkylation sites (tertiary alicyclic amines) is 1. The van der Waals surface area contributed by atoms with Crippen LogP contribution in [0.25, 0.3) is 11.2 Å². The van der Waals surface area contributed by atoms with Crippen molar-refractivity contribution in [2.45, 2.75) is 65.2 Å². The van der Waals surface area contributed by atoms with E-state index in [9.17, 15) is 4.79 Å². The van der Waals surface area contributed by atoms with E-state index in [1.807, 2.05) is 23.3 Å². The first-order valence-electron chi connectivity index (χ1n) is 10.8. The highest BCUT2D eigenvalue weighted by Crippen LogP contribution is 2.29. The molecule has 1 aliphatic heterocycles. The summed E-state index contributed by atoms with van der Waals surface area (Å²) in [6, 6.07) is 3.21. The Balaban J connectivity index is 1.74. The molecule has 3 rings (SSSR count). The number of carbonyl (C=O) groups is 1. The molecule has 0 atom stereocenters. The molecule has 0 unspecified atom stereocenters. The lowest BCUT2D eigenvalue weighted by Crippen LogP contribution is -2.43. The van der Waals surface area contributed by atoms with E-state index in [1.54, 1.807) is 6.07 Å². The Hall–Kier alpha value is -1.35. The van der Waals surface area contributed by atoms with Gasteiger partial charge in [-0.1, -0.05) is 56.7 Å². The van der Waals surface area contributed by atoms with Gasteiger partial charge in [-0.25, -0.2) is 4.98 Å². The molecular formula is C21H32Cl2N4O3Si. The Labute approximate surface area is 195 Å². The molecule has 172 valence electrons. The highest BCUT2D eigenvalue weighted by atomic mass is 35.5. The molecule has 0 radical (unpaired) electrons. The third kappa shape index (κ3) is 6.34. The van der Waals surface area contributed by atoms with Crippen LogP contribution in [0.4, 0.5) is 0 Å². The van der Waals surface area contributed by atoms with Crippen LogP contribution in [0.3, 0.4) is 0 Å². The van der Waals surface area contributed by atoms with Crippen LogP contribution in [0.15, 0.2) is 6.07 Å². The third-order valence-electron chi connectivity index (χ3n) is 5.33. The summed E-state index contributed by atoms with van der Waals surface area (Å²) >= 11 is 12.3.